The van der Waals surface area contributed by atoms with Gasteiger partial charge in [-0.3, -0.25) is 9.69 Å². The summed E-state index contributed by atoms with van der Waals surface area (Å²) < 4.78 is 2.15. The third-order valence-electron chi connectivity index (χ3n) is 4.62. The van der Waals surface area contributed by atoms with Gasteiger partial charge in [-0.15, -0.1) is 0 Å². The first kappa shape index (κ1) is 18.6. The van der Waals surface area contributed by atoms with Gasteiger partial charge >= 0.3 is 0 Å². The van der Waals surface area contributed by atoms with E-state index < -0.39 is 0 Å². The average molecular weight is 466 g/mol. The number of carbonyl (C=O) groups excluding carboxylic acids is 1. The molecule has 1 N–H and O–H groups in total. The standard InChI is InChI=1S/C20H22Br2N2O/c1-14-11-18(8-9-19(14)22)23-20(25)16-3-2-10-24(13-16)12-15-4-6-17(21)7-5-15/h4-9,11,16H,2-3,10,12-13H2,1H3,(H,23,25). The lowest BCUT2D eigenvalue weighted by Crippen LogP contribution is -2.40. The number of anilines is 1. The Hall–Kier alpha value is -1.17. The van der Waals surface area contributed by atoms with E-state index in [9.17, 15) is 4.79 Å². The molecule has 1 heterocycles. The highest BCUT2D eigenvalue weighted by atomic mass is 79.9. The Morgan fingerprint density at radius 3 is 2.68 bits per heavy atom. The van der Waals surface area contributed by atoms with E-state index in [-0.39, 0.29) is 11.8 Å². The molecule has 0 aliphatic carbocycles. The smallest absolute Gasteiger partial charge is 0.228 e. The molecule has 25 heavy (non-hydrogen) atoms. The minimum atomic E-state index is 0.0492. The van der Waals surface area contributed by atoms with Gasteiger partial charge in [-0.05, 0) is 67.8 Å². The Morgan fingerprint density at radius 2 is 1.96 bits per heavy atom. The number of hydrogen-bond donors (Lipinski definition) is 1. The lowest BCUT2D eigenvalue weighted by Gasteiger charge is -2.32. The zero-order valence-electron chi connectivity index (χ0n) is 14.3. The summed E-state index contributed by atoms with van der Waals surface area (Å²) in [5.74, 6) is 0.176. The maximum atomic E-state index is 12.7. The van der Waals surface area contributed by atoms with Crippen LogP contribution in [0.25, 0.3) is 0 Å². The minimum absolute atomic E-state index is 0.0492. The van der Waals surface area contributed by atoms with Crippen molar-refractivity contribution in [2.75, 3.05) is 18.4 Å². The molecule has 3 rings (SSSR count). The molecular formula is C20H22Br2N2O. The molecule has 1 amide bonds. The molecule has 132 valence electrons. The largest absolute Gasteiger partial charge is 0.326 e. The van der Waals surface area contributed by atoms with Gasteiger partial charge in [0.15, 0.2) is 0 Å². The van der Waals surface area contributed by atoms with Crippen molar-refractivity contribution in [3.05, 3.63) is 62.5 Å². The second kappa shape index (κ2) is 8.47. The summed E-state index contributed by atoms with van der Waals surface area (Å²) in [5, 5.41) is 3.08. The SMILES string of the molecule is Cc1cc(NC(=O)C2CCCN(Cc3ccc(Br)cc3)C2)ccc1Br. The van der Waals surface area contributed by atoms with Gasteiger partial charge in [0.1, 0.15) is 0 Å². The number of rotatable bonds is 4. The van der Waals surface area contributed by atoms with Crippen LogP contribution in [0.2, 0.25) is 0 Å². The zero-order chi connectivity index (χ0) is 17.8. The fourth-order valence-corrected chi connectivity index (χ4v) is 3.74. The summed E-state index contributed by atoms with van der Waals surface area (Å²) in [6.45, 7) is 4.80. The predicted molar refractivity (Wildman–Crippen MR) is 110 cm³/mol. The summed E-state index contributed by atoms with van der Waals surface area (Å²) >= 11 is 6.96. The molecule has 0 saturated carbocycles. The summed E-state index contributed by atoms with van der Waals surface area (Å²) in [5.41, 5.74) is 3.28. The van der Waals surface area contributed by atoms with E-state index in [0.717, 1.165) is 52.7 Å². The molecule has 1 atom stereocenters. The van der Waals surface area contributed by atoms with Gasteiger partial charge in [0, 0.05) is 27.7 Å². The van der Waals surface area contributed by atoms with Crippen LogP contribution in [-0.4, -0.2) is 23.9 Å². The Kier molecular flexibility index (Phi) is 6.31. The minimum Gasteiger partial charge on any atom is -0.326 e. The number of piperidine rings is 1. The first-order valence-corrected chi connectivity index (χ1v) is 10.1. The number of benzene rings is 2. The van der Waals surface area contributed by atoms with Crippen LogP contribution < -0.4 is 5.32 Å². The molecule has 0 bridgehead atoms. The average Bonchev–Trinajstić information content (AvgIpc) is 2.60. The molecule has 0 radical (unpaired) electrons. The first-order valence-electron chi connectivity index (χ1n) is 8.55. The molecule has 5 heteroatoms. The number of nitrogens with one attached hydrogen (secondary N) is 1. The van der Waals surface area contributed by atoms with Crippen LogP contribution in [0.1, 0.15) is 24.0 Å². The van der Waals surface area contributed by atoms with Gasteiger partial charge < -0.3 is 5.32 Å². The van der Waals surface area contributed by atoms with Crippen LogP contribution in [0.4, 0.5) is 5.69 Å². The molecule has 1 saturated heterocycles. The van der Waals surface area contributed by atoms with Crippen LogP contribution in [0.5, 0.6) is 0 Å². The molecule has 2 aromatic rings. The second-order valence-electron chi connectivity index (χ2n) is 6.65. The lowest BCUT2D eigenvalue weighted by molar-refractivity contribution is -0.121. The summed E-state index contributed by atoms with van der Waals surface area (Å²) in [4.78, 5) is 15.0. The highest BCUT2D eigenvalue weighted by Crippen LogP contribution is 2.23. The number of nitrogens with zero attached hydrogens (tertiary/aromatic N) is 1. The first-order chi connectivity index (χ1) is 12.0. The normalized spacial score (nSPS) is 18.1. The molecular weight excluding hydrogens is 444 g/mol. The van der Waals surface area contributed by atoms with E-state index in [2.05, 4.69) is 66.3 Å². The number of hydrogen-bond acceptors (Lipinski definition) is 2. The van der Waals surface area contributed by atoms with Gasteiger partial charge in [-0.25, -0.2) is 0 Å². The zero-order valence-corrected chi connectivity index (χ0v) is 17.4. The number of carbonyl (C=O) groups is 1. The Morgan fingerprint density at radius 1 is 1.20 bits per heavy atom. The summed E-state index contributed by atoms with van der Waals surface area (Å²) in [6, 6.07) is 14.3. The van der Waals surface area contributed by atoms with Crippen molar-refractivity contribution < 1.29 is 4.79 Å². The highest BCUT2D eigenvalue weighted by Gasteiger charge is 2.25. The number of likely N-dealkylation sites (tertiary alicyclic amines) is 1. The summed E-state index contributed by atoms with van der Waals surface area (Å²) in [6.07, 6.45) is 2.02. The number of halogens is 2. The summed E-state index contributed by atoms with van der Waals surface area (Å²) in [7, 11) is 0. The lowest BCUT2D eigenvalue weighted by atomic mass is 9.96. The van der Waals surface area contributed by atoms with E-state index in [1.54, 1.807) is 0 Å². The Labute approximate surface area is 166 Å². The molecule has 3 nitrogen and oxygen atoms in total. The fraction of sp³-hybridized carbons (Fsp3) is 0.350. The van der Waals surface area contributed by atoms with E-state index in [4.69, 9.17) is 0 Å². The third-order valence-corrected chi connectivity index (χ3v) is 6.04. The van der Waals surface area contributed by atoms with Crippen molar-refractivity contribution in [2.45, 2.75) is 26.3 Å². The van der Waals surface area contributed by atoms with Gasteiger partial charge in [0.05, 0.1) is 5.92 Å². The molecule has 1 aliphatic rings. The highest BCUT2D eigenvalue weighted by molar-refractivity contribution is 9.10. The van der Waals surface area contributed by atoms with Crippen LogP contribution in [0.15, 0.2) is 51.4 Å². The fourth-order valence-electron chi connectivity index (χ4n) is 3.23. The van der Waals surface area contributed by atoms with E-state index in [0.29, 0.717) is 0 Å². The molecule has 1 unspecified atom stereocenters. The van der Waals surface area contributed by atoms with Gasteiger partial charge in [0.25, 0.3) is 0 Å². The van der Waals surface area contributed by atoms with Crippen LogP contribution >= 0.6 is 31.9 Å². The van der Waals surface area contributed by atoms with Crippen molar-refractivity contribution in [3.63, 3.8) is 0 Å². The van der Waals surface area contributed by atoms with Crippen molar-refractivity contribution in [3.8, 4) is 0 Å². The number of aryl methyl sites for hydroxylation is 1. The molecule has 0 aromatic heterocycles. The van der Waals surface area contributed by atoms with E-state index >= 15 is 0 Å². The molecule has 0 spiro atoms. The van der Waals surface area contributed by atoms with Crippen molar-refractivity contribution >= 4 is 43.5 Å². The quantitative estimate of drug-likeness (QED) is 0.658. The van der Waals surface area contributed by atoms with Gasteiger partial charge in [0.2, 0.25) is 5.91 Å². The van der Waals surface area contributed by atoms with Crippen LogP contribution in [0.3, 0.4) is 0 Å². The molecule has 1 aliphatic heterocycles. The van der Waals surface area contributed by atoms with Gasteiger partial charge in [-0.1, -0.05) is 44.0 Å². The van der Waals surface area contributed by atoms with Gasteiger partial charge in [-0.2, -0.15) is 0 Å². The Bertz CT molecular complexity index is 746. The van der Waals surface area contributed by atoms with Crippen molar-refractivity contribution in [1.29, 1.82) is 0 Å². The van der Waals surface area contributed by atoms with Crippen molar-refractivity contribution in [2.24, 2.45) is 5.92 Å². The Balaban J connectivity index is 1.59. The molecule has 2 aromatic carbocycles. The maximum Gasteiger partial charge on any atom is 0.228 e. The second-order valence-corrected chi connectivity index (χ2v) is 8.42. The topological polar surface area (TPSA) is 32.3 Å². The predicted octanol–water partition coefficient (Wildman–Crippen LogP) is 5.37. The van der Waals surface area contributed by atoms with Crippen LogP contribution in [-0.2, 0) is 11.3 Å². The molecule has 1 fully saturated rings. The third kappa shape index (κ3) is 5.16. The van der Waals surface area contributed by atoms with E-state index in [1.807, 2.05) is 25.1 Å². The monoisotopic (exact) mass is 464 g/mol. The maximum absolute atomic E-state index is 12.7. The van der Waals surface area contributed by atoms with Crippen molar-refractivity contribution in [1.82, 2.24) is 4.90 Å². The van der Waals surface area contributed by atoms with E-state index in [1.165, 1.54) is 5.56 Å². The number of amides is 1. The van der Waals surface area contributed by atoms with Crippen LogP contribution in [0, 0.1) is 12.8 Å².